The van der Waals surface area contributed by atoms with E-state index in [1.165, 1.54) is 24.5 Å². The van der Waals surface area contributed by atoms with E-state index in [0.29, 0.717) is 5.39 Å². The molecule has 3 rings (SSSR count). The second kappa shape index (κ2) is 5.27. The average Bonchev–Trinajstić information content (AvgIpc) is 2.46. The predicted molar refractivity (Wildman–Crippen MR) is 79.6 cm³/mol. The quantitative estimate of drug-likeness (QED) is 0.749. The number of sulfonamides is 1. The molecule has 1 aromatic carbocycles. The zero-order valence-electron chi connectivity index (χ0n) is 10.6. The molecule has 8 heteroatoms. The van der Waals surface area contributed by atoms with Gasteiger partial charge in [0.2, 0.25) is 5.95 Å². The summed E-state index contributed by atoms with van der Waals surface area (Å²) in [7, 11) is -3.82. The Bertz CT molecular complexity index is 909. The fourth-order valence-corrected chi connectivity index (χ4v) is 3.21. The van der Waals surface area contributed by atoms with Crippen molar-refractivity contribution in [1.82, 2.24) is 15.0 Å². The fourth-order valence-electron chi connectivity index (χ4n) is 1.89. The number of benzene rings is 1. The predicted octanol–water partition coefficient (Wildman–Crippen LogP) is 2.48. The SMILES string of the molecule is O=S(=O)(Nc1nccc(Cl)n1)c1cccc2cnccc12. The van der Waals surface area contributed by atoms with E-state index >= 15 is 0 Å². The van der Waals surface area contributed by atoms with Gasteiger partial charge in [-0.1, -0.05) is 23.7 Å². The molecule has 0 atom stereocenters. The van der Waals surface area contributed by atoms with Gasteiger partial charge < -0.3 is 0 Å². The van der Waals surface area contributed by atoms with Crippen molar-refractivity contribution >= 4 is 38.3 Å². The molecule has 106 valence electrons. The normalized spacial score (nSPS) is 11.5. The molecule has 6 nitrogen and oxygen atoms in total. The lowest BCUT2D eigenvalue weighted by Gasteiger charge is -2.09. The van der Waals surface area contributed by atoms with Crippen molar-refractivity contribution in [1.29, 1.82) is 0 Å². The Hall–Kier alpha value is -2.25. The molecule has 0 saturated heterocycles. The summed E-state index contributed by atoms with van der Waals surface area (Å²) in [5.74, 6) is -0.0754. The van der Waals surface area contributed by atoms with Crippen LogP contribution in [0.25, 0.3) is 10.8 Å². The van der Waals surface area contributed by atoms with E-state index in [-0.39, 0.29) is 16.0 Å². The number of nitrogens with one attached hydrogen (secondary N) is 1. The van der Waals surface area contributed by atoms with Crippen molar-refractivity contribution in [3.05, 3.63) is 54.1 Å². The van der Waals surface area contributed by atoms with Crippen LogP contribution in [0.15, 0.2) is 53.8 Å². The summed E-state index contributed by atoms with van der Waals surface area (Å²) in [6, 6.07) is 8.05. The van der Waals surface area contributed by atoms with E-state index in [2.05, 4.69) is 19.7 Å². The number of rotatable bonds is 3. The van der Waals surface area contributed by atoms with Crippen LogP contribution in [0, 0.1) is 0 Å². The van der Waals surface area contributed by atoms with Crippen LogP contribution in [0.4, 0.5) is 5.95 Å². The van der Waals surface area contributed by atoms with Crippen LogP contribution in [-0.2, 0) is 10.0 Å². The molecule has 0 aliphatic rings. The molecular formula is C13H9ClN4O2S. The highest BCUT2D eigenvalue weighted by Gasteiger charge is 2.18. The van der Waals surface area contributed by atoms with Gasteiger partial charge >= 0.3 is 0 Å². The lowest BCUT2D eigenvalue weighted by Crippen LogP contribution is -2.15. The minimum absolute atomic E-state index is 0.0754. The summed E-state index contributed by atoms with van der Waals surface area (Å²) in [5, 5.41) is 1.46. The van der Waals surface area contributed by atoms with Crippen LogP contribution in [0.1, 0.15) is 0 Å². The lowest BCUT2D eigenvalue weighted by molar-refractivity contribution is 0.601. The third-order valence-electron chi connectivity index (χ3n) is 2.78. The third kappa shape index (κ3) is 2.79. The first-order chi connectivity index (χ1) is 10.1. The first-order valence-electron chi connectivity index (χ1n) is 5.90. The Morgan fingerprint density at radius 1 is 1.10 bits per heavy atom. The van der Waals surface area contributed by atoms with E-state index in [4.69, 9.17) is 11.6 Å². The van der Waals surface area contributed by atoms with Gasteiger partial charge in [0.1, 0.15) is 5.15 Å². The lowest BCUT2D eigenvalue weighted by atomic mass is 10.2. The Balaban J connectivity index is 2.09. The standard InChI is InChI=1S/C13H9ClN4O2S/c14-12-5-7-16-13(17-12)18-21(19,20)11-3-1-2-9-8-15-6-4-10(9)11/h1-8H,(H,16,17,18). The summed E-state index contributed by atoms with van der Waals surface area (Å²) < 4.78 is 27.3. The second-order valence-electron chi connectivity index (χ2n) is 4.16. The number of hydrogen-bond donors (Lipinski definition) is 1. The molecule has 0 aliphatic carbocycles. The number of fused-ring (bicyclic) bond motifs is 1. The molecule has 3 aromatic rings. The maximum absolute atomic E-state index is 12.5. The van der Waals surface area contributed by atoms with Gasteiger partial charge in [-0.05, 0) is 18.2 Å². The first-order valence-corrected chi connectivity index (χ1v) is 7.76. The number of hydrogen-bond acceptors (Lipinski definition) is 5. The van der Waals surface area contributed by atoms with Crippen molar-refractivity contribution in [3.8, 4) is 0 Å². The molecule has 0 bridgehead atoms. The maximum atomic E-state index is 12.5. The van der Waals surface area contributed by atoms with Crippen LogP contribution in [0.3, 0.4) is 0 Å². The summed E-state index contributed by atoms with van der Waals surface area (Å²) in [6.07, 6.45) is 4.52. The molecular weight excluding hydrogens is 312 g/mol. The van der Waals surface area contributed by atoms with Crippen molar-refractivity contribution in [2.75, 3.05) is 4.72 Å². The Labute approximate surface area is 125 Å². The van der Waals surface area contributed by atoms with Crippen LogP contribution in [0.5, 0.6) is 0 Å². The van der Waals surface area contributed by atoms with Gasteiger partial charge in [-0.3, -0.25) is 4.98 Å². The molecule has 0 spiro atoms. The molecule has 0 unspecified atom stereocenters. The zero-order valence-corrected chi connectivity index (χ0v) is 12.1. The third-order valence-corrected chi connectivity index (χ3v) is 4.37. The van der Waals surface area contributed by atoms with Crippen LogP contribution in [-0.4, -0.2) is 23.4 Å². The fraction of sp³-hybridized carbons (Fsp3) is 0. The van der Waals surface area contributed by atoms with Crippen LogP contribution < -0.4 is 4.72 Å². The first kappa shape index (κ1) is 13.7. The number of pyridine rings is 1. The molecule has 2 heterocycles. The monoisotopic (exact) mass is 320 g/mol. The highest BCUT2D eigenvalue weighted by Crippen LogP contribution is 2.23. The number of halogens is 1. The summed E-state index contributed by atoms with van der Waals surface area (Å²) in [4.78, 5) is 11.8. The van der Waals surface area contributed by atoms with Gasteiger partial charge in [-0.25, -0.2) is 23.1 Å². The maximum Gasteiger partial charge on any atom is 0.264 e. The largest absolute Gasteiger partial charge is 0.264 e. The minimum atomic E-state index is -3.82. The summed E-state index contributed by atoms with van der Waals surface area (Å²) in [6.45, 7) is 0. The number of nitrogens with zero attached hydrogens (tertiary/aromatic N) is 3. The summed E-state index contributed by atoms with van der Waals surface area (Å²) in [5.41, 5.74) is 0. The minimum Gasteiger partial charge on any atom is -0.264 e. The Morgan fingerprint density at radius 3 is 2.76 bits per heavy atom. The highest BCUT2D eigenvalue weighted by atomic mass is 35.5. The van der Waals surface area contributed by atoms with Gasteiger partial charge in [-0.2, -0.15) is 0 Å². The van der Waals surface area contributed by atoms with Crippen LogP contribution in [0.2, 0.25) is 5.15 Å². The summed E-state index contributed by atoms with van der Waals surface area (Å²) >= 11 is 5.72. The van der Waals surface area contributed by atoms with Gasteiger partial charge in [0.15, 0.2) is 0 Å². The second-order valence-corrected chi connectivity index (χ2v) is 6.20. The van der Waals surface area contributed by atoms with E-state index in [1.54, 1.807) is 24.4 Å². The molecule has 0 fully saturated rings. The van der Waals surface area contributed by atoms with E-state index in [0.717, 1.165) is 5.39 Å². The van der Waals surface area contributed by atoms with E-state index in [1.807, 2.05) is 0 Å². The van der Waals surface area contributed by atoms with Gasteiger partial charge in [0.05, 0.1) is 4.90 Å². The molecule has 1 N–H and O–H groups in total. The van der Waals surface area contributed by atoms with E-state index in [9.17, 15) is 8.42 Å². The van der Waals surface area contributed by atoms with Gasteiger partial charge in [0, 0.05) is 29.4 Å². The average molecular weight is 321 g/mol. The van der Waals surface area contributed by atoms with Crippen molar-refractivity contribution in [2.45, 2.75) is 4.90 Å². The smallest absolute Gasteiger partial charge is 0.264 e. The Kier molecular flexibility index (Phi) is 3.44. The van der Waals surface area contributed by atoms with Crippen molar-refractivity contribution < 1.29 is 8.42 Å². The van der Waals surface area contributed by atoms with Crippen molar-refractivity contribution in [3.63, 3.8) is 0 Å². The number of anilines is 1. The van der Waals surface area contributed by atoms with Crippen molar-refractivity contribution in [2.24, 2.45) is 0 Å². The molecule has 0 amide bonds. The Morgan fingerprint density at radius 2 is 1.95 bits per heavy atom. The topological polar surface area (TPSA) is 84.8 Å². The molecule has 0 saturated carbocycles. The molecule has 21 heavy (non-hydrogen) atoms. The van der Waals surface area contributed by atoms with Crippen LogP contribution >= 0.6 is 11.6 Å². The number of aromatic nitrogens is 3. The van der Waals surface area contributed by atoms with Gasteiger partial charge in [0.25, 0.3) is 10.0 Å². The zero-order chi connectivity index (χ0) is 14.9. The molecule has 0 aliphatic heterocycles. The highest BCUT2D eigenvalue weighted by molar-refractivity contribution is 7.93. The van der Waals surface area contributed by atoms with Gasteiger partial charge in [-0.15, -0.1) is 0 Å². The van der Waals surface area contributed by atoms with E-state index < -0.39 is 10.0 Å². The molecule has 2 aromatic heterocycles. The molecule has 0 radical (unpaired) electrons.